The molecule has 0 spiro atoms. The smallest absolute Gasteiger partial charge is 0.307 e. The third-order valence-electron chi connectivity index (χ3n) is 2.78. The first-order valence-corrected chi connectivity index (χ1v) is 5.68. The highest BCUT2D eigenvalue weighted by Gasteiger charge is 2.12. The molecule has 0 unspecified atom stereocenters. The fourth-order valence-corrected chi connectivity index (χ4v) is 2.00. The summed E-state index contributed by atoms with van der Waals surface area (Å²) < 4.78 is 2.00. The lowest BCUT2D eigenvalue weighted by molar-refractivity contribution is -0.136. The number of hydrogen-bond acceptors (Lipinski definition) is 2. The van der Waals surface area contributed by atoms with Gasteiger partial charge in [0.2, 0.25) is 0 Å². The van der Waals surface area contributed by atoms with Gasteiger partial charge in [-0.2, -0.15) is 0 Å². The highest BCUT2D eigenvalue weighted by atomic mass is 16.4. The zero-order chi connectivity index (χ0) is 12.6. The number of carboxylic acids is 1. The van der Waals surface area contributed by atoms with Crippen LogP contribution in [0.5, 0.6) is 0 Å². The van der Waals surface area contributed by atoms with Gasteiger partial charge >= 0.3 is 5.97 Å². The lowest BCUT2D eigenvalue weighted by Gasteiger charge is -2.05. The molecule has 0 fully saturated rings. The maximum Gasteiger partial charge on any atom is 0.307 e. The molecule has 0 bridgehead atoms. The predicted octanol–water partition coefficient (Wildman–Crippen LogP) is 2.39. The fourth-order valence-electron chi connectivity index (χ4n) is 2.00. The molecular formula is C13H16N2O2. The standard InChI is InChI=1S/C13H16N2O2/c1-8(2)13-14-9(3)11-5-4-10(6-12(16)17)7-15(11)13/h4-5,7-8H,6H2,1-3H3,(H,16,17). The molecule has 0 saturated carbocycles. The molecule has 2 rings (SSSR count). The van der Waals surface area contributed by atoms with Crippen LogP contribution in [-0.4, -0.2) is 20.5 Å². The molecule has 0 saturated heterocycles. The van der Waals surface area contributed by atoms with Gasteiger partial charge in [0.25, 0.3) is 0 Å². The van der Waals surface area contributed by atoms with E-state index >= 15 is 0 Å². The number of carbonyl (C=O) groups is 1. The first kappa shape index (κ1) is 11.6. The average Bonchev–Trinajstić information content (AvgIpc) is 2.55. The summed E-state index contributed by atoms with van der Waals surface area (Å²) in [6, 6.07) is 3.79. The van der Waals surface area contributed by atoms with Gasteiger partial charge in [0.15, 0.2) is 0 Å². The Bertz CT molecular complexity index is 570. The van der Waals surface area contributed by atoms with E-state index in [1.165, 1.54) is 0 Å². The largest absolute Gasteiger partial charge is 0.481 e. The number of rotatable bonds is 3. The van der Waals surface area contributed by atoms with E-state index in [4.69, 9.17) is 5.11 Å². The zero-order valence-corrected chi connectivity index (χ0v) is 10.3. The third kappa shape index (κ3) is 2.16. The number of carboxylic acid groups (broad SMARTS) is 1. The highest BCUT2D eigenvalue weighted by Crippen LogP contribution is 2.20. The number of nitrogens with zero attached hydrogens (tertiary/aromatic N) is 2. The first-order valence-electron chi connectivity index (χ1n) is 5.68. The summed E-state index contributed by atoms with van der Waals surface area (Å²) in [7, 11) is 0. The summed E-state index contributed by atoms with van der Waals surface area (Å²) in [5.74, 6) is 0.480. The van der Waals surface area contributed by atoms with Crippen molar-refractivity contribution in [1.29, 1.82) is 0 Å². The first-order chi connectivity index (χ1) is 7.99. The van der Waals surface area contributed by atoms with Gasteiger partial charge in [0.1, 0.15) is 5.82 Å². The highest BCUT2D eigenvalue weighted by molar-refractivity contribution is 5.70. The van der Waals surface area contributed by atoms with Crippen LogP contribution >= 0.6 is 0 Å². The maximum atomic E-state index is 10.7. The van der Waals surface area contributed by atoms with E-state index in [2.05, 4.69) is 18.8 Å². The van der Waals surface area contributed by atoms with Gasteiger partial charge in [0.05, 0.1) is 17.6 Å². The molecular weight excluding hydrogens is 216 g/mol. The second-order valence-corrected chi connectivity index (χ2v) is 4.57. The van der Waals surface area contributed by atoms with Crippen molar-refractivity contribution in [3.8, 4) is 0 Å². The van der Waals surface area contributed by atoms with Crippen LogP contribution in [0.4, 0.5) is 0 Å². The lowest BCUT2D eigenvalue weighted by atomic mass is 10.2. The topological polar surface area (TPSA) is 54.6 Å². The van der Waals surface area contributed by atoms with Gasteiger partial charge in [-0.05, 0) is 18.6 Å². The molecule has 2 aromatic heterocycles. The Hall–Kier alpha value is -1.84. The van der Waals surface area contributed by atoms with Gasteiger partial charge in [-0.15, -0.1) is 0 Å². The Labute approximate surface area is 99.9 Å². The van der Waals surface area contributed by atoms with Crippen LogP contribution in [0.25, 0.3) is 5.52 Å². The number of aliphatic carboxylic acids is 1. The van der Waals surface area contributed by atoms with Crippen molar-refractivity contribution in [1.82, 2.24) is 9.38 Å². The summed E-state index contributed by atoms with van der Waals surface area (Å²) in [6.45, 7) is 6.13. The molecule has 0 aliphatic rings. The number of pyridine rings is 1. The fraction of sp³-hybridized carbons (Fsp3) is 0.385. The van der Waals surface area contributed by atoms with Crippen molar-refractivity contribution in [3.05, 3.63) is 35.4 Å². The van der Waals surface area contributed by atoms with Crippen molar-refractivity contribution in [2.24, 2.45) is 0 Å². The summed E-state index contributed by atoms with van der Waals surface area (Å²) >= 11 is 0. The molecule has 17 heavy (non-hydrogen) atoms. The summed E-state index contributed by atoms with van der Waals surface area (Å²) in [5.41, 5.74) is 2.82. The van der Waals surface area contributed by atoms with E-state index in [0.29, 0.717) is 5.92 Å². The lowest BCUT2D eigenvalue weighted by Crippen LogP contribution is -2.03. The maximum absolute atomic E-state index is 10.7. The van der Waals surface area contributed by atoms with Gasteiger partial charge in [0, 0.05) is 12.1 Å². The Morgan fingerprint density at radius 3 is 2.76 bits per heavy atom. The minimum absolute atomic E-state index is 0.0463. The van der Waals surface area contributed by atoms with E-state index in [9.17, 15) is 4.79 Å². The minimum Gasteiger partial charge on any atom is -0.481 e. The van der Waals surface area contributed by atoms with E-state index in [1.54, 1.807) is 0 Å². The van der Waals surface area contributed by atoms with Crippen molar-refractivity contribution in [2.75, 3.05) is 0 Å². The molecule has 2 aromatic rings. The van der Waals surface area contributed by atoms with Crippen LogP contribution in [0.1, 0.15) is 36.8 Å². The quantitative estimate of drug-likeness (QED) is 0.884. The molecule has 4 heteroatoms. The number of imidazole rings is 1. The van der Waals surface area contributed by atoms with Gasteiger partial charge in [-0.3, -0.25) is 4.79 Å². The monoisotopic (exact) mass is 232 g/mol. The van der Waals surface area contributed by atoms with Crippen LogP contribution in [0.3, 0.4) is 0 Å². The number of aromatic nitrogens is 2. The Morgan fingerprint density at radius 2 is 2.18 bits per heavy atom. The molecule has 0 atom stereocenters. The zero-order valence-electron chi connectivity index (χ0n) is 10.3. The van der Waals surface area contributed by atoms with Crippen molar-refractivity contribution < 1.29 is 9.90 Å². The molecule has 0 aromatic carbocycles. The number of hydrogen-bond donors (Lipinski definition) is 1. The van der Waals surface area contributed by atoms with Crippen molar-refractivity contribution in [3.63, 3.8) is 0 Å². The summed E-state index contributed by atoms with van der Waals surface area (Å²) in [5, 5.41) is 8.80. The normalized spacial score (nSPS) is 11.3. The van der Waals surface area contributed by atoms with Gasteiger partial charge < -0.3 is 9.51 Å². The molecule has 0 aliphatic heterocycles. The number of fused-ring (bicyclic) bond motifs is 1. The molecule has 0 radical (unpaired) electrons. The van der Waals surface area contributed by atoms with Gasteiger partial charge in [-0.25, -0.2) is 4.98 Å². The van der Waals surface area contributed by atoms with Crippen LogP contribution in [-0.2, 0) is 11.2 Å². The van der Waals surface area contributed by atoms with Gasteiger partial charge in [-0.1, -0.05) is 19.9 Å². The predicted molar refractivity (Wildman–Crippen MR) is 65.4 cm³/mol. The van der Waals surface area contributed by atoms with Crippen molar-refractivity contribution in [2.45, 2.75) is 33.1 Å². The van der Waals surface area contributed by atoms with Crippen LogP contribution < -0.4 is 0 Å². The van der Waals surface area contributed by atoms with Crippen LogP contribution in [0, 0.1) is 6.92 Å². The second kappa shape index (κ2) is 4.20. The average molecular weight is 232 g/mol. The summed E-state index contributed by atoms with van der Waals surface area (Å²) in [6.07, 6.45) is 1.92. The third-order valence-corrected chi connectivity index (χ3v) is 2.78. The van der Waals surface area contributed by atoms with Crippen LogP contribution in [0.15, 0.2) is 18.3 Å². The SMILES string of the molecule is Cc1nc(C(C)C)n2cc(CC(=O)O)ccc12. The molecule has 1 N–H and O–H groups in total. The van der Waals surface area contributed by atoms with E-state index < -0.39 is 5.97 Å². The molecule has 4 nitrogen and oxygen atoms in total. The number of aryl methyl sites for hydroxylation is 1. The second-order valence-electron chi connectivity index (χ2n) is 4.57. The molecule has 0 amide bonds. The van der Waals surface area contributed by atoms with Crippen LogP contribution in [0.2, 0.25) is 0 Å². The Balaban J connectivity index is 2.58. The van der Waals surface area contributed by atoms with Crippen molar-refractivity contribution >= 4 is 11.5 Å². The Kier molecular flexibility index (Phi) is 2.88. The summed E-state index contributed by atoms with van der Waals surface area (Å²) in [4.78, 5) is 15.2. The molecule has 0 aliphatic carbocycles. The Morgan fingerprint density at radius 1 is 1.47 bits per heavy atom. The van der Waals surface area contributed by atoms with E-state index in [0.717, 1.165) is 22.6 Å². The minimum atomic E-state index is -0.813. The molecule has 90 valence electrons. The molecule has 2 heterocycles. The van der Waals surface area contributed by atoms with E-state index in [1.807, 2.05) is 29.7 Å². The van der Waals surface area contributed by atoms with E-state index in [-0.39, 0.29) is 6.42 Å².